The van der Waals surface area contributed by atoms with Gasteiger partial charge in [-0.15, -0.1) is 0 Å². The summed E-state index contributed by atoms with van der Waals surface area (Å²) in [5, 5.41) is 31.3. The van der Waals surface area contributed by atoms with E-state index in [1.165, 1.54) is 0 Å². The van der Waals surface area contributed by atoms with Crippen molar-refractivity contribution >= 4 is 5.78 Å². The molecule has 4 nitrogen and oxygen atoms in total. The van der Waals surface area contributed by atoms with Crippen LogP contribution < -0.4 is 0 Å². The first kappa shape index (κ1) is 13.0. The van der Waals surface area contributed by atoms with Crippen molar-refractivity contribution in [2.24, 2.45) is 22.2 Å². The molecule has 4 rings (SSSR count). The van der Waals surface area contributed by atoms with Gasteiger partial charge < -0.3 is 15.3 Å². The van der Waals surface area contributed by atoms with E-state index in [0.717, 1.165) is 24.0 Å². The fourth-order valence-corrected chi connectivity index (χ4v) is 5.49. The molecule has 3 N–H and O–H groups in total. The molecule has 0 bridgehead atoms. The van der Waals surface area contributed by atoms with E-state index >= 15 is 0 Å². The normalized spacial score (nSPS) is 55.0. The Morgan fingerprint density at radius 2 is 1.90 bits per heavy atom. The zero-order chi connectivity index (χ0) is 14.7. The maximum Gasteiger partial charge on any atom is 0.175 e. The zero-order valence-electron chi connectivity index (χ0n) is 12.2. The minimum absolute atomic E-state index is 0.0324. The van der Waals surface area contributed by atoms with Gasteiger partial charge in [0.05, 0.1) is 18.1 Å². The number of aliphatic hydroxyl groups excluding tert-OH is 2. The van der Waals surface area contributed by atoms with Crippen LogP contribution in [0.2, 0.25) is 0 Å². The SMILES string of the molecule is CC1=C2[C@@H](O)[C@](C)(CO)[C@H]3C[C@@]23C(=O)[C@](C)(O)C12CC2. The van der Waals surface area contributed by atoms with E-state index in [0.29, 0.717) is 6.42 Å². The van der Waals surface area contributed by atoms with Crippen LogP contribution in [0.5, 0.6) is 0 Å². The summed E-state index contributed by atoms with van der Waals surface area (Å²) in [6.45, 7) is 5.34. The maximum absolute atomic E-state index is 13.0. The molecule has 4 aliphatic rings. The van der Waals surface area contributed by atoms with Crippen LogP contribution in [0.25, 0.3) is 0 Å². The monoisotopic (exact) mass is 278 g/mol. The van der Waals surface area contributed by atoms with Crippen molar-refractivity contribution in [3.8, 4) is 0 Å². The van der Waals surface area contributed by atoms with E-state index in [1.54, 1.807) is 6.92 Å². The van der Waals surface area contributed by atoms with Crippen LogP contribution in [0.4, 0.5) is 0 Å². The highest BCUT2D eigenvalue weighted by molar-refractivity contribution is 6.02. The highest BCUT2D eigenvalue weighted by Gasteiger charge is 2.83. The number of ketones is 1. The van der Waals surface area contributed by atoms with Crippen LogP contribution in [0.15, 0.2) is 11.1 Å². The smallest absolute Gasteiger partial charge is 0.175 e. The number of rotatable bonds is 1. The Morgan fingerprint density at radius 1 is 1.30 bits per heavy atom. The van der Waals surface area contributed by atoms with Gasteiger partial charge in [0.1, 0.15) is 5.60 Å². The average Bonchev–Trinajstić information content (AvgIpc) is 3.28. The first-order chi connectivity index (χ1) is 9.20. The van der Waals surface area contributed by atoms with Gasteiger partial charge in [0.2, 0.25) is 0 Å². The molecule has 2 spiro atoms. The molecule has 0 unspecified atom stereocenters. The quantitative estimate of drug-likeness (QED) is 0.620. The van der Waals surface area contributed by atoms with Crippen molar-refractivity contribution < 1.29 is 20.1 Å². The summed E-state index contributed by atoms with van der Waals surface area (Å²) in [5.41, 5.74) is -1.29. The Hall–Kier alpha value is -0.710. The summed E-state index contributed by atoms with van der Waals surface area (Å²) in [6, 6.07) is 0. The number of hydrogen-bond acceptors (Lipinski definition) is 4. The minimum atomic E-state index is -1.32. The first-order valence-electron chi connectivity index (χ1n) is 7.48. The molecule has 20 heavy (non-hydrogen) atoms. The van der Waals surface area contributed by atoms with Crippen LogP contribution in [0, 0.1) is 22.2 Å². The van der Waals surface area contributed by atoms with Gasteiger partial charge in [0.25, 0.3) is 0 Å². The third kappa shape index (κ3) is 0.956. The van der Waals surface area contributed by atoms with Gasteiger partial charge in [0, 0.05) is 10.8 Å². The molecule has 3 fully saturated rings. The lowest BCUT2D eigenvalue weighted by Crippen LogP contribution is -2.54. The molecule has 0 amide bonds. The summed E-state index contributed by atoms with van der Waals surface area (Å²) in [6.07, 6.45) is 1.52. The van der Waals surface area contributed by atoms with Crippen molar-refractivity contribution in [1.29, 1.82) is 0 Å². The topological polar surface area (TPSA) is 77.8 Å². The standard InChI is InChI=1S/C16H22O4/c1-8-10-11(18)13(2,7-17)9-6-16(9,10)12(19)14(3,20)15(8)4-5-15/h9,11,17-18,20H,4-7H2,1-3H3/t9-,11-,13-,14+,16+/m1/s1. The molecule has 3 saturated carbocycles. The highest BCUT2D eigenvalue weighted by atomic mass is 16.3. The third-order valence-electron chi connectivity index (χ3n) is 7.13. The fraction of sp³-hybridized carbons (Fsp3) is 0.812. The maximum atomic E-state index is 13.0. The van der Waals surface area contributed by atoms with Crippen molar-refractivity contribution in [2.75, 3.05) is 6.61 Å². The summed E-state index contributed by atoms with van der Waals surface area (Å²) < 4.78 is 0. The minimum Gasteiger partial charge on any atom is -0.396 e. The Bertz CT molecular complexity index is 571. The van der Waals surface area contributed by atoms with E-state index in [1.807, 2.05) is 13.8 Å². The second-order valence-corrected chi connectivity index (χ2v) is 7.82. The van der Waals surface area contributed by atoms with Crippen LogP contribution in [0.3, 0.4) is 0 Å². The van der Waals surface area contributed by atoms with Crippen molar-refractivity contribution in [3.05, 3.63) is 11.1 Å². The van der Waals surface area contributed by atoms with Gasteiger partial charge in [-0.1, -0.05) is 12.5 Å². The number of carbonyl (C=O) groups excluding carboxylic acids is 1. The number of aliphatic hydroxyl groups is 3. The molecule has 4 aliphatic carbocycles. The van der Waals surface area contributed by atoms with Crippen LogP contribution in [0.1, 0.15) is 40.0 Å². The molecular formula is C16H22O4. The summed E-state index contributed by atoms with van der Waals surface area (Å²) in [7, 11) is 0. The number of hydrogen-bond donors (Lipinski definition) is 3. The van der Waals surface area contributed by atoms with Gasteiger partial charge in [0.15, 0.2) is 5.78 Å². The average molecular weight is 278 g/mol. The lowest BCUT2D eigenvalue weighted by molar-refractivity contribution is -0.148. The first-order valence-corrected chi connectivity index (χ1v) is 7.48. The second kappa shape index (κ2) is 3.06. The molecule has 0 heterocycles. The fourth-order valence-electron chi connectivity index (χ4n) is 5.49. The van der Waals surface area contributed by atoms with Crippen LogP contribution in [-0.2, 0) is 4.79 Å². The van der Waals surface area contributed by atoms with E-state index < -0.39 is 27.9 Å². The molecule has 0 aliphatic heterocycles. The predicted octanol–water partition coefficient (Wildman–Crippen LogP) is 0.796. The van der Waals surface area contributed by atoms with Gasteiger partial charge in [-0.2, -0.15) is 0 Å². The molecule has 5 atom stereocenters. The molecule has 0 aromatic carbocycles. The third-order valence-corrected chi connectivity index (χ3v) is 7.13. The van der Waals surface area contributed by atoms with E-state index in [-0.39, 0.29) is 18.3 Å². The predicted molar refractivity (Wildman–Crippen MR) is 71.7 cm³/mol. The Labute approximate surface area is 118 Å². The summed E-state index contributed by atoms with van der Waals surface area (Å²) in [5.74, 6) is -0.153. The number of Topliss-reactive ketones (excluding diaryl/α,β-unsaturated/α-hetero) is 1. The second-order valence-electron chi connectivity index (χ2n) is 7.82. The van der Waals surface area contributed by atoms with Gasteiger partial charge in [-0.3, -0.25) is 4.79 Å². The highest BCUT2D eigenvalue weighted by Crippen LogP contribution is 2.80. The largest absolute Gasteiger partial charge is 0.396 e. The van der Waals surface area contributed by atoms with Crippen molar-refractivity contribution in [3.63, 3.8) is 0 Å². The van der Waals surface area contributed by atoms with Gasteiger partial charge in [-0.25, -0.2) is 0 Å². The molecule has 110 valence electrons. The lowest BCUT2D eigenvalue weighted by atomic mass is 9.63. The summed E-state index contributed by atoms with van der Waals surface area (Å²) >= 11 is 0. The van der Waals surface area contributed by atoms with E-state index in [4.69, 9.17) is 0 Å². The lowest BCUT2D eigenvalue weighted by Gasteiger charge is -2.43. The van der Waals surface area contributed by atoms with Crippen molar-refractivity contribution in [2.45, 2.75) is 51.7 Å². The zero-order valence-corrected chi connectivity index (χ0v) is 12.2. The van der Waals surface area contributed by atoms with E-state index in [2.05, 4.69) is 0 Å². The molecule has 0 radical (unpaired) electrons. The molecular weight excluding hydrogens is 256 g/mol. The molecule has 0 aromatic heterocycles. The van der Waals surface area contributed by atoms with Crippen LogP contribution in [-0.4, -0.2) is 39.4 Å². The van der Waals surface area contributed by atoms with Gasteiger partial charge >= 0.3 is 0 Å². The van der Waals surface area contributed by atoms with Gasteiger partial charge in [-0.05, 0) is 44.6 Å². The molecule has 0 saturated heterocycles. The Balaban J connectivity index is 1.98. The number of carbonyl (C=O) groups is 1. The van der Waals surface area contributed by atoms with E-state index in [9.17, 15) is 20.1 Å². The molecule has 0 aromatic rings. The summed E-state index contributed by atoms with van der Waals surface area (Å²) in [4.78, 5) is 13.0. The Morgan fingerprint density at radius 3 is 2.40 bits per heavy atom. The molecule has 4 heteroatoms. The Kier molecular flexibility index (Phi) is 1.99. The van der Waals surface area contributed by atoms with Crippen LogP contribution >= 0.6 is 0 Å². The van der Waals surface area contributed by atoms with Crippen molar-refractivity contribution in [1.82, 2.24) is 0 Å².